The number of furan rings is 1. The second kappa shape index (κ2) is 10.5. The van der Waals surface area contributed by atoms with Gasteiger partial charge >= 0.3 is 0 Å². The Bertz CT molecular complexity index is 3280. The van der Waals surface area contributed by atoms with E-state index in [2.05, 4.69) is 118 Å². The standard InChI is InChI=1S/C48H34F3N3OSi/c1-26-44-43(33-14-8-7-13-32(33)38-20-19-31(25-52(38)44)56(2,3)4)48(26)35-24-36(50)41-34-22-29(49)23-37(51)45(34)55-46(41)42(35)47-53(39-15-9-10-16-40(39)54(47)48)30-18-17-27-11-5-6-12-28(27)21-30/h5-25,43-44H,1H2,2-4H3/q+2. The highest BCUT2D eigenvalue weighted by molar-refractivity contribution is 6.88. The minimum atomic E-state index is -1.72. The van der Waals surface area contributed by atoms with Crippen LogP contribution in [0.2, 0.25) is 19.6 Å². The summed E-state index contributed by atoms with van der Waals surface area (Å²) < 4.78 is 61.0. The Balaban J connectivity index is 1.26. The first-order valence-electron chi connectivity index (χ1n) is 19.0. The second-order valence-electron chi connectivity index (χ2n) is 16.6. The van der Waals surface area contributed by atoms with Crippen molar-refractivity contribution in [1.82, 2.24) is 4.57 Å². The number of hydrogen-bond donors (Lipinski definition) is 0. The Morgan fingerprint density at radius 2 is 1.54 bits per heavy atom. The van der Waals surface area contributed by atoms with Crippen molar-refractivity contribution < 1.29 is 26.7 Å². The molecule has 0 saturated heterocycles. The minimum Gasteiger partial charge on any atom is -0.452 e. The number of imidazole rings is 1. The van der Waals surface area contributed by atoms with Gasteiger partial charge in [0.1, 0.15) is 28.8 Å². The Kier molecular flexibility index (Phi) is 6.02. The van der Waals surface area contributed by atoms with E-state index in [1.165, 1.54) is 5.19 Å². The topological polar surface area (TPSA) is 25.8 Å². The molecule has 56 heavy (non-hydrogen) atoms. The van der Waals surface area contributed by atoms with Crippen LogP contribution in [0.4, 0.5) is 13.2 Å². The van der Waals surface area contributed by atoms with Gasteiger partial charge < -0.3 is 4.42 Å². The number of nitrogens with zero attached hydrogens (tertiary/aromatic N) is 3. The molecule has 0 N–H and O–H groups in total. The summed E-state index contributed by atoms with van der Waals surface area (Å²) in [6.45, 7) is 12.0. The minimum absolute atomic E-state index is 0.0566. The average Bonchev–Trinajstić information content (AvgIpc) is 3.84. The maximum atomic E-state index is 17.1. The number of para-hydroxylation sites is 2. The molecule has 270 valence electrons. The Hall–Kier alpha value is -6.25. The van der Waals surface area contributed by atoms with Crippen molar-refractivity contribution in [2.75, 3.05) is 0 Å². The molecular weight excluding hydrogens is 720 g/mol. The number of benzene rings is 6. The Morgan fingerprint density at radius 3 is 2.38 bits per heavy atom. The summed E-state index contributed by atoms with van der Waals surface area (Å²) in [5.41, 5.74) is 7.51. The quantitative estimate of drug-likeness (QED) is 0.0981. The monoisotopic (exact) mass is 753 g/mol. The molecule has 4 nitrogen and oxygen atoms in total. The van der Waals surface area contributed by atoms with E-state index in [0.29, 0.717) is 11.1 Å². The molecule has 3 unspecified atom stereocenters. The molecule has 2 aliphatic heterocycles. The van der Waals surface area contributed by atoms with Crippen molar-refractivity contribution in [2.45, 2.75) is 37.1 Å². The van der Waals surface area contributed by atoms with Gasteiger partial charge in [0.25, 0.3) is 5.82 Å². The van der Waals surface area contributed by atoms with Gasteiger partial charge in [-0.2, -0.15) is 9.13 Å². The molecule has 3 aliphatic rings. The largest absolute Gasteiger partial charge is 0.452 e. The van der Waals surface area contributed by atoms with Crippen LogP contribution < -0.4 is 14.3 Å². The lowest BCUT2D eigenvalue weighted by molar-refractivity contribution is -0.780. The van der Waals surface area contributed by atoms with E-state index in [9.17, 15) is 4.39 Å². The van der Waals surface area contributed by atoms with Gasteiger partial charge in [0.2, 0.25) is 5.69 Å². The third kappa shape index (κ3) is 3.75. The predicted molar refractivity (Wildman–Crippen MR) is 217 cm³/mol. The fourth-order valence-electron chi connectivity index (χ4n) is 10.4. The maximum Gasteiger partial charge on any atom is 0.300 e. The molecule has 0 bridgehead atoms. The van der Waals surface area contributed by atoms with Crippen LogP contribution >= 0.6 is 0 Å². The van der Waals surface area contributed by atoms with E-state index in [0.717, 1.165) is 67.8 Å². The molecule has 1 spiro atoms. The summed E-state index contributed by atoms with van der Waals surface area (Å²) in [4.78, 5) is 0. The number of rotatable bonds is 2. The van der Waals surface area contributed by atoms with E-state index < -0.39 is 31.1 Å². The van der Waals surface area contributed by atoms with E-state index in [1.807, 2.05) is 24.3 Å². The third-order valence-electron chi connectivity index (χ3n) is 12.8. The lowest BCUT2D eigenvalue weighted by Gasteiger charge is -2.52. The molecule has 12 rings (SSSR count). The molecule has 9 aromatic rings. The Labute approximate surface area is 321 Å². The van der Waals surface area contributed by atoms with Crippen molar-refractivity contribution >= 4 is 57.0 Å². The van der Waals surface area contributed by atoms with Gasteiger partial charge in [-0.1, -0.05) is 93.0 Å². The van der Waals surface area contributed by atoms with Gasteiger partial charge in [-0.3, -0.25) is 0 Å². The van der Waals surface area contributed by atoms with Crippen LogP contribution in [0, 0.1) is 17.5 Å². The van der Waals surface area contributed by atoms with Crippen molar-refractivity contribution in [3.63, 3.8) is 0 Å². The third-order valence-corrected chi connectivity index (χ3v) is 14.8. The highest BCUT2D eigenvalue weighted by Crippen LogP contribution is 2.67. The van der Waals surface area contributed by atoms with Gasteiger partial charge in [0.05, 0.1) is 19.0 Å². The molecule has 5 heterocycles. The van der Waals surface area contributed by atoms with Crippen LogP contribution in [0.5, 0.6) is 0 Å². The highest BCUT2D eigenvalue weighted by atomic mass is 28.3. The summed E-state index contributed by atoms with van der Waals surface area (Å²) >= 11 is 0. The zero-order valence-electron chi connectivity index (χ0n) is 30.9. The van der Waals surface area contributed by atoms with E-state index >= 15 is 8.78 Å². The molecule has 6 aromatic carbocycles. The molecule has 3 atom stereocenters. The molecule has 8 heteroatoms. The number of halogens is 3. The van der Waals surface area contributed by atoms with Crippen LogP contribution in [0.15, 0.2) is 144 Å². The van der Waals surface area contributed by atoms with Gasteiger partial charge in [-0.15, -0.1) is 0 Å². The summed E-state index contributed by atoms with van der Waals surface area (Å²) in [5, 5.41) is 3.64. The Morgan fingerprint density at radius 1 is 0.768 bits per heavy atom. The summed E-state index contributed by atoms with van der Waals surface area (Å²) in [7, 11) is -1.72. The van der Waals surface area contributed by atoms with Crippen LogP contribution in [0.1, 0.15) is 23.1 Å². The van der Waals surface area contributed by atoms with Crippen LogP contribution in [-0.4, -0.2) is 12.6 Å². The van der Waals surface area contributed by atoms with Crippen molar-refractivity contribution in [1.29, 1.82) is 0 Å². The lowest BCUT2D eigenvalue weighted by Crippen LogP contribution is -2.74. The number of hydrogen-bond acceptors (Lipinski definition) is 1. The number of pyridine rings is 1. The van der Waals surface area contributed by atoms with Crippen LogP contribution in [0.25, 0.3) is 72.1 Å². The molecule has 0 amide bonds. The zero-order chi connectivity index (χ0) is 38.0. The first-order chi connectivity index (χ1) is 27.1. The zero-order valence-corrected chi connectivity index (χ0v) is 31.9. The van der Waals surface area contributed by atoms with Crippen molar-refractivity contribution in [3.05, 3.63) is 168 Å². The van der Waals surface area contributed by atoms with E-state index in [4.69, 9.17) is 11.0 Å². The van der Waals surface area contributed by atoms with Crippen LogP contribution in [-0.2, 0) is 5.54 Å². The molecular formula is C48H34F3N3OSi+2. The average molecular weight is 754 g/mol. The number of allylic oxidation sites excluding steroid dienone is 1. The first kappa shape index (κ1) is 32.0. The maximum absolute atomic E-state index is 17.1. The highest BCUT2D eigenvalue weighted by Gasteiger charge is 2.75. The van der Waals surface area contributed by atoms with Gasteiger partial charge in [0, 0.05) is 33.8 Å². The summed E-state index contributed by atoms with van der Waals surface area (Å²) in [5.74, 6) is -1.69. The molecule has 3 aromatic heterocycles. The second-order valence-corrected chi connectivity index (χ2v) is 21.7. The normalized spacial score (nSPS) is 19.4. The summed E-state index contributed by atoms with van der Waals surface area (Å²) in [6, 6.07) is 39.4. The fraction of sp³-hybridized carbons (Fsp3) is 0.125. The van der Waals surface area contributed by atoms with Crippen molar-refractivity contribution in [2.24, 2.45) is 0 Å². The molecule has 1 aliphatic carbocycles. The number of fused-ring (bicyclic) bond motifs is 19. The van der Waals surface area contributed by atoms with Gasteiger partial charge in [-0.25, -0.2) is 17.7 Å². The predicted octanol–water partition coefficient (Wildman–Crippen LogP) is 10.5. The van der Waals surface area contributed by atoms with Crippen LogP contribution in [0.3, 0.4) is 0 Å². The van der Waals surface area contributed by atoms with E-state index in [1.54, 1.807) is 6.07 Å². The smallest absolute Gasteiger partial charge is 0.300 e. The van der Waals surface area contributed by atoms with Crippen molar-refractivity contribution in [3.8, 4) is 28.3 Å². The molecule has 1 fully saturated rings. The molecule has 1 saturated carbocycles. The van der Waals surface area contributed by atoms with Gasteiger partial charge in [0.15, 0.2) is 45.8 Å². The number of aromatic nitrogens is 3. The molecule has 0 radical (unpaired) electrons. The SMILES string of the molecule is C=C1C2C(c3ccccc3-c3ccc([Si](C)(C)C)c[n+]32)C12c1cc(F)c3c(oc4c(F)cc(F)cc43)c1-c1n(-c3ccc4ccccc4c3)c3ccccc3[n+]12. The lowest BCUT2D eigenvalue weighted by atomic mass is 9.52. The fourth-order valence-corrected chi connectivity index (χ4v) is 11.5. The first-order valence-corrected chi connectivity index (χ1v) is 22.5. The van der Waals surface area contributed by atoms with E-state index in [-0.39, 0.29) is 33.9 Å². The summed E-state index contributed by atoms with van der Waals surface area (Å²) in [6.07, 6.45) is 2.33. The van der Waals surface area contributed by atoms with Gasteiger partial charge in [-0.05, 0) is 58.8 Å².